The highest BCUT2D eigenvalue weighted by molar-refractivity contribution is 7.89. The van der Waals surface area contributed by atoms with Crippen LogP contribution >= 0.6 is 23.2 Å². The van der Waals surface area contributed by atoms with Crippen LogP contribution < -0.4 is 15.8 Å². The van der Waals surface area contributed by atoms with Crippen LogP contribution in [0.2, 0.25) is 10.0 Å². The molecule has 1 aliphatic heterocycles. The number of nitrogens with zero attached hydrogens (tertiary/aromatic N) is 2. The first kappa shape index (κ1) is 28.8. The van der Waals surface area contributed by atoms with E-state index in [9.17, 15) is 13.2 Å². The van der Waals surface area contributed by atoms with Crippen molar-refractivity contribution in [3.05, 3.63) is 93.6 Å². The highest BCUT2D eigenvalue weighted by Gasteiger charge is 2.40. The zero-order valence-electron chi connectivity index (χ0n) is 22.0. The van der Waals surface area contributed by atoms with Crippen LogP contribution in [0.25, 0.3) is 10.9 Å². The van der Waals surface area contributed by atoms with E-state index >= 15 is 0 Å². The van der Waals surface area contributed by atoms with E-state index in [1.807, 2.05) is 31.2 Å². The number of hydrogen-bond donors (Lipinski definition) is 3. The highest BCUT2D eigenvalue weighted by Crippen LogP contribution is 2.36. The molecule has 0 radical (unpaired) electrons. The maximum absolute atomic E-state index is 13.8. The third-order valence-electron chi connectivity index (χ3n) is 6.88. The number of fused-ring (bicyclic) bond motifs is 1. The summed E-state index contributed by atoms with van der Waals surface area (Å²) < 4.78 is 34.9. The topological polar surface area (TPSA) is 138 Å². The van der Waals surface area contributed by atoms with Crippen LogP contribution in [0.4, 0.5) is 5.69 Å². The van der Waals surface area contributed by atoms with E-state index in [2.05, 4.69) is 10.3 Å². The molecule has 3 aromatic carbocycles. The number of para-hydroxylation sites is 1. The van der Waals surface area contributed by atoms with Crippen molar-refractivity contribution < 1.29 is 17.9 Å². The van der Waals surface area contributed by atoms with Crippen molar-refractivity contribution >= 4 is 61.6 Å². The number of halogens is 2. The molecule has 12 heteroatoms. The van der Waals surface area contributed by atoms with Crippen molar-refractivity contribution in [3.63, 3.8) is 0 Å². The minimum Gasteiger partial charge on any atom is -0.487 e. The third-order valence-corrected chi connectivity index (χ3v) is 9.73. The minimum atomic E-state index is -4.18. The van der Waals surface area contributed by atoms with Gasteiger partial charge in [0.25, 0.3) is 0 Å². The van der Waals surface area contributed by atoms with E-state index in [0.717, 1.165) is 15.4 Å². The number of amidine groups is 1. The smallest absolute Gasteiger partial charge is 0.245 e. The zero-order valence-corrected chi connectivity index (χ0v) is 24.4. The second kappa shape index (κ2) is 11.7. The number of aryl methyl sites for hydroxylation is 1. The van der Waals surface area contributed by atoms with Crippen LogP contribution in [0.1, 0.15) is 29.7 Å². The number of ether oxygens (including phenoxy) is 1. The largest absolute Gasteiger partial charge is 0.487 e. The molecule has 0 saturated carbocycles. The number of carbonyl (C=O) groups excluding carboxylic acids is 1. The van der Waals surface area contributed by atoms with Crippen molar-refractivity contribution in [2.24, 2.45) is 5.73 Å². The molecule has 1 amide bonds. The predicted octanol–water partition coefficient (Wildman–Crippen LogP) is 5.50. The van der Waals surface area contributed by atoms with Gasteiger partial charge < -0.3 is 15.8 Å². The average molecular weight is 613 g/mol. The molecule has 1 saturated heterocycles. The molecule has 41 heavy (non-hydrogen) atoms. The van der Waals surface area contributed by atoms with Crippen molar-refractivity contribution in [2.75, 3.05) is 11.9 Å². The maximum atomic E-state index is 13.8. The first-order valence-corrected chi connectivity index (χ1v) is 15.0. The fourth-order valence-corrected chi connectivity index (χ4v) is 7.32. The first-order chi connectivity index (χ1) is 19.6. The molecule has 1 aliphatic rings. The van der Waals surface area contributed by atoms with Gasteiger partial charge in [-0.15, -0.1) is 0 Å². The normalized spacial score (nSPS) is 15.6. The highest BCUT2D eigenvalue weighted by atomic mass is 35.5. The van der Waals surface area contributed by atoms with Crippen molar-refractivity contribution in [2.45, 2.75) is 37.3 Å². The lowest BCUT2D eigenvalue weighted by Gasteiger charge is -2.24. The lowest BCUT2D eigenvalue weighted by atomic mass is 10.1. The van der Waals surface area contributed by atoms with E-state index in [1.54, 1.807) is 30.3 Å². The monoisotopic (exact) mass is 611 g/mol. The molecular formula is C29H27Cl2N5O4S. The van der Waals surface area contributed by atoms with E-state index in [0.29, 0.717) is 40.9 Å². The van der Waals surface area contributed by atoms with Crippen molar-refractivity contribution in [1.29, 1.82) is 5.41 Å². The number of carbonyl (C=O) groups is 1. The Morgan fingerprint density at radius 1 is 1.15 bits per heavy atom. The summed E-state index contributed by atoms with van der Waals surface area (Å²) in [5.74, 6) is -0.119. The van der Waals surface area contributed by atoms with Gasteiger partial charge in [0.2, 0.25) is 15.9 Å². The molecule has 4 N–H and O–H groups in total. The van der Waals surface area contributed by atoms with Gasteiger partial charge >= 0.3 is 0 Å². The summed E-state index contributed by atoms with van der Waals surface area (Å²) in [7, 11) is -4.18. The summed E-state index contributed by atoms with van der Waals surface area (Å²) in [4.78, 5) is 17.6. The molecule has 1 atom stereocenters. The number of amides is 1. The summed E-state index contributed by atoms with van der Waals surface area (Å²) >= 11 is 13.1. The number of nitrogens with two attached hydrogens (primary N) is 1. The Hall–Kier alpha value is -3.70. The third kappa shape index (κ3) is 5.87. The number of rotatable bonds is 8. The summed E-state index contributed by atoms with van der Waals surface area (Å²) in [6.07, 6.45) is 0.839. The molecule has 5 rings (SSSR count). The average Bonchev–Trinajstić information content (AvgIpc) is 3.44. The van der Waals surface area contributed by atoms with Crippen molar-refractivity contribution in [3.8, 4) is 5.75 Å². The molecule has 2 heterocycles. The van der Waals surface area contributed by atoms with Crippen LogP contribution in [0.3, 0.4) is 0 Å². The zero-order chi connectivity index (χ0) is 29.3. The number of nitrogen functional groups attached to an aromatic ring is 1. The minimum absolute atomic E-state index is 0.0675. The molecule has 9 nitrogen and oxygen atoms in total. The number of nitrogens with one attached hydrogen (secondary N) is 2. The van der Waals surface area contributed by atoms with Gasteiger partial charge in [-0.3, -0.25) is 10.2 Å². The molecule has 212 valence electrons. The maximum Gasteiger partial charge on any atom is 0.245 e. The number of anilines is 1. The standard InChI is InChI=1S/C29H27Cl2N5O4S/c1-17-10-11-18-5-3-9-24(27(18)34-17)40-16-21-22(30)12-13-25(26(21)31)41(38,39)36-14-4-8-23(36)29(37)35-20-7-2-6-19(15-20)28(32)33/h2-3,5-7,9-13,15,23H,4,8,14,16H2,1H3,(H3,32,33)(H,35,37)/t23-/m0/s1. The van der Waals surface area contributed by atoms with Gasteiger partial charge in [-0.05, 0) is 56.2 Å². The van der Waals surface area contributed by atoms with Gasteiger partial charge in [0.15, 0.2) is 0 Å². The van der Waals surface area contributed by atoms with Crippen molar-refractivity contribution in [1.82, 2.24) is 9.29 Å². The molecule has 0 spiro atoms. The summed E-state index contributed by atoms with van der Waals surface area (Å²) in [6, 6.07) is 17.7. The lowest BCUT2D eigenvalue weighted by Crippen LogP contribution is -2.43. The Kier molecular flexibility index (Phi) is 8.19. The van der Waals surface area contributed by atoms with Gasteiger partial charge in [-0.2, -0.15) is 4.31 Å². The second-order valence-electron chi connectivity index (χ2n) is 9.66. The molecule has 4 aromatic rings. The van der Waals surface area contributed by atoms with E-state index in [-0.39, 0.29) is 33.9 Å². The molecular weight excluding hydrogens is 585 g/mol. The van der Waals surface area contributed by atoms with Crippen LogP contribution in [0.15, 0.2) is 71.6 Å². The fourth-order valence-electron chi connectivity index (χ4n) is 4.80. The quantitative estimate of drug-likeness (QED) is 0.177. The van der Waals surface area contributed by atoms with E-state index in [4.69, 9.17) is 39.1 Å². The van der Waals surface area contributed by atoms with E-state index in [1.165, 1.54) is 12.1 Å². The summed E-state index contributed by atoms with van der Waals surface area (Å²) in [6.45, 7) is 1.94. The van der Waals surface area contributed by atoms with Gasteiger partial charge in [0.05, 0.1) is 5.02 Å². The second-order valence-corrected chi connectivity index (χ2v) is 12.3. The number of aromatic nitrogens is 1. The molecule has 0 aliphatic carbocycles. The Morgan fingerprint density at radius 3 is 2.71 bits per heavy atom. The number of benzene rings is 3. The Bertz CT molecular complexity index is 1780. The van der Waals surface area contributed by atoms with Gasteiger partial charge in [-0.1, -0.05) is 53.5 Å². The predicted molar refractivity (Wildman–Crippen MR) is 160 cm³/mol. The molecule has 1 aromatic heterocycles. The fraction of sp³-hybridized carbons (Fsp3) is 0.207. The Morgan fingerprint density at radius 2 is 1.93 bits per heavy atom. The SMILES string of the molecule is Cc1ccc2cccc(OCc3c(Cl)ccc(S(=O)(=O)N4CCC[C@H]4C(=O)Nc4cccc(C(=N)N)c4)c3Cl)c2n1. The van der Waals surface area contributed by atoms with Crippen LogP contribution in [0, 0.1) is 12.3 Å². The van der Waals surface area contributed by atoms with Crippen LogP contribution in [-0.4, -0.2) is 42.0 Å². The first-order valence-electron chi connectivity index (χ1n) is 12.8. The summed E-state index contributed by atoms with van der Waals surface area (Å²) in [5, 5.41) is 11.4. The molecule has 1 fully saturated rings. The Labute approximate surface area is 247 Å². The molecule has 0 unspecified atom stereocenters. The number of sulfonamides is 1. The number of pyridine rings is 1. The number of hydrogen-bond acceptors (Lipinski definition) is 6. The Balaban J connectivity index is 1.40. The van der Waals surface area contributed by atoms with Gasteiger partial charge in [0.1, 0.15) is 34.6 Å². The van der Waals surface area contributed by atoms with E-state index < -0.39 is 22.0 Å². The lowest BCUT2D eigenvalue weighted by molar-refractivity contribution is -0.119. The van der Waals surface area contributed by atoms with Gasteiger partial charge in [-0.25, -0.2) is 13.4 Å². The van der Waals surface area contributed by atoms with Crippen LogP contribution in [-0.2, 0) is 21.4 Å². The van der Waals surface area contributed by atoms with Gasteiger partial charge in [0, 0.05) is 39.5 Å². The van der Waals surface area contributed by atoms with Crippen LogP contribution in [0.5, 0.6) is 5.75 Å². The molecule has 0 bridgehead atoms. The summed E-state index contributed by atoms with van der Waals surface area (Å²) in [5.41, 5.74) is 8.20.